The molecule has 0 aliphatic carbocycles. The smallest absolute Gasteiger partial charge is 0.289 e. The number of rotatable bonds is 5. The van der Waals surface area contributed by atoms with Crippen LogP contribution < -0.4 is 5.32 Å². The second-order valence-corrected chi connectivity index (χ2v) is 8.71. The Balaban J connectivity index is 0.00000210. The minimum atomic E-state index is 0. The molecule has 4 rings (SSSR count). The molecule has 3 heterocycles. The summed E-state index contributed by atoms with van der Waals surface area (Å²) < 4.78 is 7.27. The highest BCUT2D eigenvalue weighted by atomic mass is 35.5. The topological polar surface area (TPSA) is 45.5 Å². The van der Waals surface area contributed by atoms with Crippen LogP contribution in [0.1, 0.15) is 29.0 Å². The zero-order valence-electron chi connectivity index (χ0n) is 15.1. The minimum absolute atomic E-state index is 0. The highest BCUT2D eigenvalue weighted by Gasteiger charge is 2.28. The van der Waals surface area contributed by atoms with Gasteiger partial charge in [0.1, 0.15) is 5.58 Å². The van der Waals surface area contributed by atoms with Crippen molar-refractivity contribution in [2.45, 2.75) is 28.8 Å². The lowest BCUT2D eigenvalue weighted by Gasteiger charge is -2.31. The van der Waals surface area contributed by atoms with Gasteiger partial charge in [0.05, 0.1) is 4.21 Å². The lowest BCUT2D eigenvalue weighted by Crippen LogP contribution is -2.44. The van der Waals surface area contributed by atoms with E-state index in [1.807, 2.05) is 36.2 Å². The number of halogens is 1. The van der Waals surface area contributed by atoms with Gasteiger partial charge in [0.2, 0.25) is 0 Å². The number of nitrogens with zero attached hydrogens (tertiary/aromatic N) is 1. The van der Waals surface area contributed by atoms with Gasteiger partial charge < -0.3 is 14.6 Å². The Labute approximate surface area is 173 Å². The van der Waals surface area contributed by atoms with Crippen molar-refractivity contribution >= 4 is 52.4 Å². The van der Waals surface area contributed by atoms with Crippen molar-refractivity contribution in [2.24, 2.45) is 0 Å². The molecule has 4 nitrogen and oxygen atoms in total. The van der Waals surface area contributed by atoms with Crippen LogP contribution in [-0.2, 0) is 5.75 Å². The molecule has 0 radical (unpaired) electrons. The normalized spacial score (nSPS) is 15.1. The Kier molecular flexibility index (Phi) is 6.87. The van der Waals surface area contributed by atoms with Gasteiger partial charge in [0, 0.05) is 35.8 Å². The molecule has 7 heteroatoms. The summed E-state index contributed by atoms with van der Waals surface area (Å²) in [6.07, 6.45) is 1.98. The summed E-state index contributed by atoms with van der Waals surface area (Å²) in [5.41, 5.74) is 1.81. The van der Waals surface area contributed by atoms with Crippen LogP contribution in [0.15, 0.2) is 50.4 Å². The van der Waals surface area contributed by atoms with E-state index < -0.39 is 0 Å². The summed E-state index contributed by atoms with van der Waals surface area (Å²) in [5.74, 6) is 1.28. The zero-order chi connectivity index (χ0) is 17.9. The molecule has 0 unspecified atom stereocenters. The number of carbonyl (C=O) groups excluding carboxylic acids is 1. The van der Waals surface area contributed by atoms with Gasteiger partial charge in [-0.15, -0.1) is 35.5 Å². The van der Waals surface area contributed by atoms with Crippen molar-refractivity contribution in [2.75, 3.05) is 20.1 Å². The van der Waals surface area contributed by atoms with Crippen molar-refractivity contribution in [1.82, 2.24) is 10.2 Å². The standard InChI is InChI=1S/C20H22N2O2S2.ClH/c1-21-14-8-10-22(11-9-14)20(23)19-16(13-26-18-7-4-12-25-18)15-5-2-3-6-17(15)24-19;/h2-7,12,14,21H,8-11,13H2,1H3;1H. The maximum atomic E-state index is 13.2. The van der Waals surface area contributed by atoms with E-state index in [0.717, 1.165) is 48.2 Å². The Morgan fingerprint density at radius 2 is 2.04 bits per heavy atom. The van der Waals surface area contributed by atoms with Crippen LogP contribution in [-0.4, -0.2) is 37.0 Å². The number of carbonyl (C=O) groups is 1. The molecular weight excluding hydrogens is 400 g/mol. The van der Waals surface area contributed by atoms with Crippen molar-refractivity contribution in [1.29, 1.82) is 0 Å². The average molecular weight is 423 g/mol. The van der Waals surface area contributed by atoms with Crippen molar-refractivity contribution in [3.63, 3.8) is 0 Å². The number of thiophene rings is 1. The number of para-hydroxylation sites is 1. The van der Waals surface area contributed by atoms with Crippen molar-refractivity contribution in [3.05, 3.63) is 53.1 Å². The molecule has 1 aliphatic rings. The van der Waals surface area contributed by atoms with Crippen LogP contribution in [0.25, 0.3) is 11.0 Å². The van der Waals surface area contributed by atoms with Gasteiger partial charge in [0.25, 0.3) is 5.91 Å². The maximum absolute atomic E-state index is 13.2. The zero-order valence-corrected chi connectivity index (χ0v) is 17.6. The third-order valence-corrected chi connectivity index (χ3v) is 7.09. The van der Waals surface area contributed by atoms with Gasteiger partial charge in [-0.25, -0.2) is 0 Å². The van der Waals surface area contributed by atoms with E-state index in [-0.39, 0.29) is 18.3 Å². The van der Waals surface area contributed by atoms with Crippen LogP contribution in [0.2, 0.25) is 0 Å². The molecule has 1 saturated heterocycles. The van der Waals surface area contributed by atoms with Crippen molar-refractivity contribution in [3.8, 4) is 0 Å². The summed E-state index contributed by atoms with van der Waals surface area (Å²) in [6, 6.07) is 12.6. The van der Waals surface area contributed by atoms with E-state index in [0.29, 0.717) is 11.8 Å². The molecule has 1 amide bonds. The van der Waals surface area contributed by atoms with Crippen LogP contribution in [0.5, 0.6) is 0 Å². The second-order valence-electron chi connectivity index (χ2n) is 6.48. The van der Waals surface area contributed by atoms with Gasteiger partial charge >= 0.3 is 0 Å². The number of piperidine rings is 1. The molecule has 0 saturated carbocycles. The summed E-state index contributed by atoms with van der Waals surface area (Å²) >= 11 is 3.48. The Bertz CT molecular complexity index is 887. The molecular formula is C20H23ClN2O2S2. The monoisotopic (exact) mass is 422 g/mol. The molecule has 144 valence electrons. The van der Waals surface area contributed by atoms with Gasteiger partial charge in [-0.05, 0) is 37.4 Å². The third kappa shape index (κ3) is 4.35. The van der Waals surface area contributed by atoms with E-state index >= 15 is 0 Å². The largest absolute Gasteiger partial charge is 0.451 e. The average Bonchev–Trinajstić information content (AvgIpc) is 3.33. The summed E-state index contributed by atoms with van der Waals surface area (Å²) in [5, 5.41) is 6.43. The van der Waals surface area contributed by atoms with E-state index in [9.17, 15) is 4.79 Å². The third-order valence-electron chi connectivity index (χ3n) is 4.94. The minimum Gasteiger partial charge on any atom is -0.451 e. The predicted octanol–water partition coefficient (Wildman–Crippen LogP) is 5.03. The number of nitrogens with one attached hydrogen (secondary N) is 1. The fraction of sp³-hybridized carbons (Fsp3) is 0.350. The first-order valence-electron chi connectivity index (χ1n) is 8.89. The van der Waals surface area contributed by atoms with Crippen LogP contribution >= 0.6 is 35.5 Å². The quantitative estimate of drug-likeness (QED) is 0.585. The number of fused-ring (bicyclic) bond motifs is 1. The Hall–Kier alpha value is -1.47. The Morgan fingerprint density at radius 3 is 2.74 bits per heavy atom. The highest BCUT2D eigenvalue weighted by molar-refractivity contribution is 8.00. The number of amides is 1. The molecule has 3 aromatic rings. The highest BCUT2D eigenvalue weighted by Crippen LogP contribution is 2.34. The van der Waals surface area contributed by atoms with E-state index in [1.54, 1.807) is 23.1 Å². The number of hydrogen-bond donors (Lipinski definition) is 1. The molecule has 0 spiro atoms. The molecule has 2 aromatic heterocycles. The first-order chi connectivity index (χ1) is 12.8. The second kappa shape index (κ2) is 9.15. The van der Waals surface area contributed by atoms with Gasteiger partial charge in [-0.2, -0.15) is 0 Å². The van der Waals surface area contributed by atoms with Gasteiger partial charge in [-0.3, -0.25) is 4.79 Å². The molecule has 1 aliphatic heterocycles. The summed E-state index contributed by atoms with van der Waals surface area (Å²) in [7, 11) is 1.99. The fourth-order valence-corrected chi connectivity index (χ4v) is 5.23. The number of likely N-dealkylation sites (tertiary alicyclic amines) is 1. The van der Waals surface area contributed by atoms with Gasteiger partial charge in [0.15, 0.2) is 5.76 Å². The summed E-state index contributed by atoms with van der Waals surface area (Å²) in [4.78, 5) is 15.1. The first-order valence-corrected chi connectivity index (χ1v) is 10.8. The lowest BCUT2D eigenvalue weighted by molar-refractivity contribution is 0.0676. The summed E-state index contributed by atoms with van der Waals surface area (Å²) in [6.45, 7) is 1.55. The first kappa shape index (κ1) is 20.3. The molecule has 1 aromatic carbocycles. The molecule has 0 atom stereocenters. The van der Waals surface area contributed by atoms with Gasteiger partial charge in [-0.1, -0.05) is 24.3 Å². The van der Waals surface area contributed by atoms with Crippen molar-refractivity contribution < 1.29 is 9.21 Å². The number of furan rings is 1. The van der Waals surface area contributed by atoms with E-state index in [1.165, 1.54) is 4.21 Å². The van der Waals surface area contributed by atoms with E-state index in [2.05, 4.69) is 22.8 Å². The molecule has 1 fully saturated rings. The maximum Gasteiger partial charge on any atom is 0.289 e. The molecule has 0 bridgehead atoms. The fourth-order valence-electron chi connectivity index (χ4n) is 3.42. The number of hydrogen-bond acceptors (Lipinski definition) is 5. The van der Waals surface area contributed by atoms with E-state index in [4.69, 9.17) is 4.42 Å². The Morgan fingerprint density at radius 1 is 1.26 bits per heavy atom. The van der Waals surface area contributed by atoms with Crippen LogP contribution in [0.3, 0.4) is 0 Å². The SMILES string of the molecule is CNC1CCN(C(=O)c2oc3ccccc3c2CSc2cccs2)CC1.Cl. The molecule has 1 N–H and O–H groups in total. The predicted molar refractivity (Wildman–Crippen MR) is 115 cm³/mol. The number of thioether (sulfide) groups is 1. The van der Waals surface area contributed by atoms with Crippen LogP contribution in [0, 0.1) is 0 Å². The lowest BCUT2D eigenvalue weighted by atomic mass is 10.0. The van der Waals surface area contributed by atoms with Crippen LogP contribution in [0.4, 0.5) is 0 Å². The number of benzene rings is 1. The molecule has 27 heavy (non-hydrogen) atoms.